The number of carbonyl (C=O) groups is 2. The molecule has 1 rings (SSSR count). The number of nitrogens with one attached hydrogen (secondary N) is 2. The predicted octanol–water partition coefficient (Wildman–Crippen LogP) is 2.21. The highest BCUT2D eigenvalue weighted by atomic mass is 32.2. The number of rotatable bonds is 8. The molecule has 0 radical (unpaired) electrons. The van der Waals surface area contributed by atoms with Gasteiger partial charge in [0, 0.05) is 11.3 Å². The van der Waals surface area contributed by atoms with E-state index in [0.29, 0.717) is 13.0 Å². The minimum absolute atomic E-state index is 0.166. The van der Waals surface area contributed by atoms with Gasteiger partial charge in [0.1, 0.15) is 6.04 Å². The number of hydrogen-bond acceptors (Lipinski definition) is 3. The average Bonchev–Trinajstić information content (AvgIpc) is 2.33. The molecule has 3 N–H and O–H groups in total. The zero-order valence-electron chi connectivity index (χ0n) is 11.7. The number of aliphatic carboxylic acids is 1. The minimum atomic E-state index is -0.966. The van der Waals surface area contributed by atoms with Gasteiger partial charge in [0.2, 0.25) is 0 Å². The van der Waals surface area contributed by atoms with E-state index in [9.17, 15) is 9.59 Å². The van der Waals surface area contributed by atoms with Crippen LogP contribution in [0.25, 0.3) is 0 Å². The summed E-state index contributed by atoms with van der Waals surface area (Å²) >= 11 is 1.78. The number of carboxylic acids is 1. The molecule has 0 aromatic rings. The number of carboxylic acid groups (broad SMARTS) is 1. The third-order valence-electron chi connectivity index (χ3n) is 3.72. The van der Waals surface area contributed by atoms with Crippen LogP contribution in [0.1, 0.15) is 45.4 Å². The van der Waals surface area contributed by atoms with Crippen molar-refractivity contribution < 1.29 is 14.7 Å². The van der Waals surface area contributed by atoms with Crippen LogP contribution in [0, 0.1) is 0 Å². The van der Waals surface area contributed by atoms with Crippen LogP contribution in [0.3, 0.4) is 0 Å². The van der Waals surface area contributed by atoms with Gasteiger partial charge < -0.3 is 15.7 Å². The SMILES string of the molecule is CCCC[C@H](NC(=O)NCC1(SC)CCC1)C(=O)O. The van der Waals surface area contributed by atoms with Gasteiger partial charge in [-0.25, -0.2) is 9.59 Å². The molecule has 1 aliphatic rings. The van der Waals surface area contributed by atoms with E-state index >= 15 is 0 Å². The third kappa shape index (κ3) is 4.93. The molecule has 19 heavy (non-hydrogen) atoms. The maximum absolute atomic E-state index is 11.7. The molecule has 0 aliphatic heterocycles. The van der Waals surface area contributed by atoms with Gasteiger partial charge in [-0.05, 0) is 25.5 Å². The summed E-state index contributed by atoms with van der Waals surface area (Å²) in [6.07, 6.45) is 7.69. The first-order valence-electron chi connectivity index (χ1n) is 6.85. The number of unbranched alkanes of at least 4 members (excludes halogenated alkanes) is 1. The van der Waals surface area contributed by atoms with Gasteiger partial charge in [-0.3, -0.25) is 0 Å². The molecule has 0 bridgehead atoms. The summed E-state index contributed by atoms with van der Waals surface area (Å²) in [5, 5.41) is 14.4. The lowest BCUT2D eigenvalue weighted by atomic mass is 9.84. The van der Waals surface area contributed by atoms with Gasteiger partial charge >= 0.3 is 12.0 Å². The Balaban J connectivity index is 2.33. The zero-order valence-corrected chi connectivity index (χ0v) is 12.5. The zero-order chi connectivity index (χ0) is 14.3. The molecule has 0 unspecified atom stereocenters. The predicted molar refractivity (Wildman–Crippen MR) is 77.6 cm³/mol. The molecule has 0 spiro atoms. The van der Waals surface area contributed by atoms with Gasteiger partial charge in [0.05, 0.1) is 0 Å². The first-order valence-corrected chi connectivity index (χ1v) is 8.08. The van der Waals surface area contributed by atoms with E-state index < -0.39 is 12.0 Å². The second-order valence-electron chi connectivity index (χ2n) is 5.10. The van der Waals surface area contributed by atoms with Crippen molar-refractivity contribution in [3.63, 3.8) is 0 Å². The van der Waals surface area contributed by atoms with Crippen molar-refractivity contribution in [1.82, 2.24) is 10.6 Å². The average molecular weight is 288 g/mol. The molecule has 0 heterocycles. The molecule has 0 aromatic heterocycles. The third-order valence-corrected chi connectivity index (χ3v) is 5.14. The Morgan fingerprint density at radius 3 is 2.53 bits per heavy atom. The molecule has 1 aliphatic carbocycles. The summed E-state index contributed by atoms with van der Waals surface area (Å²) < 4.78 is 0.166. The lowest BCUT2D eigenvalue weighted by molar-refractivity contribution is -0.139. The summed E-state index contributed by atoms with van der Waals surface area (Å²) in [6, 6.07) is -1.16. The van der Waals surface area contributed by atoms with E-state index in [-0.39, 0.29) is 10.8 Å². The summed E-state index contributed by atoms with van der Waals surface area (Å²) in [7, 11) is 0. The standard InChI is InChI=1S/C13H24N2O3S/c1-3-4-6-10(11(16)17)15-12(18)14-9-13(19-2)7-5-8-13/h10H,3-9H2,1-2H3,(H,16,17)(H2,14,15,18)/t10-/m0/s1. The van der Waals surface area contributed by atoms with Crippen LogP contribution in [0.2, 0.25) is 0 Å². The lowest BCUT2D eigenvalue weighted by Crippen LogP contribution is -2.51. The van der Waals surface area contributed by atoms with Crippen molar-refractivity contribution in [2.75, 3.05) is 12.8 Å². The van der Waals surface area contributed by atoms with Gasteiger partial charge in [-0.2, -0.15) is 11.8 Å². The van der Waals surface area contributed by atoms with Gasteiger partial charge in [-0.1, -0.05) is 26.2 Å². The molecule has 6 heteroatoms. The Kier molecular flexibility index (Phi) is 6.48. The molecule has 0 aromatic carbocycles. The smallest absolute Gasteiger partial charge is 0.326 e. The molecular weight excluding hydrogens is 264 g/mol. The van der Waals surface area contributed by atoms with Crippen LogP contribution in [0.4, 0.5) is 4.79 Å². The maximum atomic E-state index is 11.7. The van der Waals surface area contributed by atoms with Gasteiger partial charge in [0.25, 0.3) is 0 Å². The molecule has 1 fully saturated rings. The van der Waals surface area contributed by atoms with Crippen molar-refractivity contribution in [2.24, 2.45) is 0 Å². The summed E-state index contributed by atoms with van der Waals surface area (Å²) in [5.41, 5.74) is 0. The van der Waals surface area contributed by atoms with E-state index in [1.54, 1.807) is 11.8 Å². The van der Waals surface area contributed by atoms with Crippen molar-refractivity contribution in [1.29, 1.82) is 0 Å². The van der Waals surface area contributed by atoms with Crippen LogP contribution < -0.4 is 10.6 Å². The van der Waals surface area contributed by atoms with E-state index in [1.165, 1.54) is 6.42 Å². The van der Waals surface area contributed by atoms with Crippen molar-refractivity contribution in [3.05, 3.63) is 0 Å². The highest BCUT2D eigenvalue weighted by Crippen LogP contribution is 2.42. The molecular formula is C13H24N2O3S. The highest BCUT2D eigenvalue weighted by Gasteiger charge is 2.36. The van der Waals surface area contributed by atoms with Crippen molar-refractivity contribution in [3.8, 4) is 0 Å². The van der Waals surface area contributed by atoms with E-state index in [2.05, 4.69) is 16.9 Å². The number of thioether (sulfide) groups is 1. The Hall–Kier alpha value is -0.910. The Bertz CT molecular complexity index is 314. The van der Waals surface area contributed by atoms with Crippen LogP contribution in [0.15, 0.2) is 0 Å². The summed E-state index contributed by atoms with van der Waals surface area (Å²) in [5.74, 6) is -0.966. The Morgan fingerprint density at radius 1 is 1.42 bits per heavy atom. The van der Waals surface area contributed by atoms with Crippen molar-refractivity contribution in [2.45, 2.75) is 56.2 Å². The van der Waals surface area contributed by atoms with Gasteiger partial charge in [0.15, 0.2) is 0 Å². The normalized spacial score (nSPS) is 18.2. The Labute approximate surface area is 118 Å². The number of amides is 2. The molecule has 110 valence electrons. The van der Waals surface area contributed by atoms with Crippen LogP contribution in [-0.4, -0.2) is 40.7 Å². The second-order valence-corrected chi connectivity index (χ2v) is 6.38. The monoisotopic (exact) mass is 288 g/mol. The summed E-state index contributed by atoms with van der Waals surface area (Å²) in [4.78, 5) is 22.7. The second kappa shape index (κ2) is 7.62. The minimum Gasteiger partial charge on any atom is -0.480 e. The fraction of sp³-hybridized carbons (Fsp3) is 0.846. The maximum Gasteiger partial charge on any atom is 0.326 e. The summed E-state index contributed by atoms with van der Waals surface area (Å²) in [6.45, 7) is 2.61. The van der Waals surface area contributed by atoms with Crippen LogP contribution in [-0.2, 0) is 4.79 Å². The Morgan fingerprint density at radius 2 is 2.11 bits per heavy atom. The number of urea groups is 1. The van der Waals surface area contributed by atoms with E-state index in [4.69, 9.17) is 5.11 Å². The first kappa shape index (κ1) is 16.1. The van der Waals surface area contributed by atoms with E-state index in [0.717, 1.165) is 25.7 Å². The van der Waals surface area contributed by atoms with Crippen LogP contribution >= 0.6 is 11.8 Å². The molecule has 1 saturated carbocycles. The number of hydrogen-bond donors (Lipinski definition) is 3. The fourth-order valence-corrected chi connectivity index (χ4v) is 3.05. The number of carbonyl (C=O) groups excluding carboxylic acids is 1. The first-order chi connectivity index (χ1) is 9.03. The van der Waals surface area contributed by atoms with E-state index in [1.807, 2.05) is 6.92 Å². The quantitative estimate of drug-likeness (QED) is 0.640. The molecule has 1 atom stereocenters. The lowest BCUT2D eigenvalue weighted by Gasteiger charge is -2.40. The van der Waals surface area contributed by atoms with Crippen molar-refractivity contribution >= 4 is 23.8 Å². The topological polar surface area (TPSA) is 78.4 Å². The molecule has 0 saturated heterocycles. The van der Waals surface area contributed by atoms with Gasteiger partial charge in [-0.15, -0.1) is 0 Å². The fourth-order valence-electron chi connectivity index (χ4n) is 2.14. The highest BCUT2D eigenvalue weighted by molar-refractivity contribution is 8.00. The van der Waals surface area contributed by atoms with Crippen LogP contribution in [0.5, 0.6) is 0 Å². The molecule has 5 nitrogen and oxygen atoms in total. The molecule has 2 amide bonds. The largest absolute Gasteiger partial charge is 0.480 e.